The summed E-state index contributed by atoms with van der Waals surface area (Å²) >= 11 is 0. The van der Waals surface area contributed by atoms with Gasteiger partial charge < -0.3 is 0 Å². The van der Waals surface area contributed by atoms with E-state index < -0.39 is 0 Å². The average molecular weight is 314 g/mol. The molecule has 0 bridgehead atoms. The summed E-state index contributed by atoms with van der Waals surface area (Å²) in [4.78, 5) is 24.0. The minimum absolute atomic E-state index is 0.245. The standard InChI is InChI=1S/C21H30O2/c1-13(22)17-6-7-18-16-5-4-14-12-15(23)8-10-20(14,2)19(16)9-11-21(17,18)3/h12,16-19H,4-11H2,1-3H3/t16-,17-,18+,19-,20+,21-/m1/s1. The highest BCUT2D eigenvalue weighted by molar-refractivity contribution is 5.91. The Morgan fingerprint density at radius 2 is 1.83 bits per heavy atom. The second kappa shape index (κ2) is 5.04. The average Bonchev–Trinajstić information content (AvgIpc) is 2.85. The summed E-state index contributed by atoms with van der Waals surface area (Å²) in [6.07, 6.45) is 10.9. The molecule has 0 saturated heterocycles. The van der Waals surface area contributed by atoms with Crippen LogP contribution in [0.25, 0.3) is 0 Å². The molecule has 0 heterocycles. The lowest BCUT2D eigenvalue weighted by Crippen LogP contribution is -2.51. The first kappa shape index (κ1) is 15.6. The van der Waals surface area contributed by atoms with Crippen molar-refractivity contribution in [2.45, 2.75) is 72.1 Å². The van der Waals surface area contributed by atoms with Crippen molar-refractivity contribution in [3.63, 3.8) is 0 Å². The maximum absolute atomic E-state index is 12.1. The van der Waals surface area contributed by atoms with Crippen molar-refractivity contribution in [3.8, 4) is 0 Å². The van der Waals surface area contributed by atoms with Crippen molar-refractivity contribution in [1.29, 1.82) is 0 Å². The van der Waals surface area contributed by atoms with Crippen LogP contribution in [-0.2, 0) is 9.59 Å². The van der Waals surface area contributed by atoms with Gasteiger partial charge in [-0.15, -0.1) is 0 Å². The number of rotatable bonds is 1. The summed E-state index contributed by atoms with van der Waals surface area (Å²) in [6.45, 7) is 6.65. The van der Waals surface area contributed by atoms with Crippen LogP contribution in [0.2, 0.25) is 0 Å². The number of carbonyl (C=O) groups is 2. The molecular formula is C21H30O2. The molecule has 4 aliphatic carbocycles. The van der Waals surface area contributed by atoms with E-state index in [9.17, 15) is 9.59 Å². The van der Waals surface area contributed by atoms with E-state index >= 15 is 0 Å². The number of fused-ring (bicyclic) bond motifs is 5. The van der Waals surface area contributed by atoms with Crippen LogP contribution in [0.1, 0.15) is 72.1 Å². The zero-order valence-electron chi connectivity index (χ0n) is 14.9. The third-order valence-corrected chi connectivity index (χ3v) is 8.45. The molecule has 23 heavy (non-hydrogen) atoms. The number of hydrogen-bond donors (Lipinski definition) is 0. The molecule has 0 aromatic carbocycles. The van der Waals surface area contributed by atoms with E-state index in [4.69, 9.17) is 0 Å². The first-order valence-electron chi connectivity index (χ1n) is 9.60. The molecule has 0 spiro atoms. The van der Waals surface area contributed by atoms with Crippen LogP contribution in [0, 0.1) is 34.5 Å². The Morgan fingerprint density at radius 3 is 2.57 bits per heavy atom. The van der Waals surface area contributed by atoms with Gasteiger partial charge in [0.1, 0.15) is 5.78 Å². The number of carbonyl (C=O) groups excluding carboxylic acids is 2. The molecule has 6 atom stereocenters. The van der Waals surface area contributed by atoms with E-state index in [0.29, 0.717) is 17.5 Å². The Balaban J connectivity index is 1.67. The summed E-state index contributed by atoms with van der Waals surface area (Å²) in [5.41, 5.74) is 1.95. The predicted octanol–water partition coefficient (Wildman–Crippen LogP) is 4.72. The van der Waals surface area contributed by atoms with Crippen molar-refractivity contribution in [1.82, 2.24) is 0 Å². The fraction of sp³-hybridized carbons (Fsp3) is 0.810. The first-order chi connectivity index (χ1) is 10.9. The van der Waals surface area contributed by atoms with E-state index in [-0.39, 0.29) is 10.8 Å². The minimum atomic E-state index is 0.245. The Hall–Kier alpha value is -0.920. The Kier molecular flexibility index (Phi) is 3.42. The van der Waals surface area contributed by atoms with Gasteiger partial charge in [0.15, 0.2) is 5.78 Å². The highest BCUT2D eigenvalue weighted by Crippen LogP contribution is 2.66. The SMILES string of the molecule is CC(=O)[C@H]1CC[C@H]2[C@H]3CCC4=CC(=O)CC[C@]4(C)[C@@H]3CC[C@]12C. The smallest absolute Gasteiger partial charge is 0.155 e. The number of hydrogen-bond acceptors (Lipinski definition) is 2. The number of Topliss-reactive ketones (excluding diaryl/α,β-unsaturated/α-hetero) is 1. The summed E-state index contributed by atoms with van der Waals surface area (Å²) in [5.74, 6) is 3.29. The molecule has 0 aliphatic heterocycles. The van der Waals surface area contributed by atoms with Crippen LogP contribution < -0.4 is 0 Å². The molecule has 3 saturated carbocycles. The van der Waals surface area contributed by atoms with Crippen molar-refractivity contribution in [3.05, 3.63) is 11.6 Å². The van der Waals surface area contributed by atoms with Crippen LogP contribution >= 0.6 is 0 Å². The van der Waals surface area contributed by atoms with E-state index in [1.165, 1.54) is 31.3 Å². The van der Waals surface area contributed by atoms with Gasteiger partial charge in [-0.3, -0.25) is 9.59 Å². The van der Waals surface area contributed by atoms with Crippen LogP contribution in [0.15, 0.2) is 11.6 Å². The van der Waals surface area contributed by atoms with E-state index in [2.05, 4.69) is 13.8 Å². The topological polar surface area (TPSA) is 34.1 Å². The van der Waals surface area contributed by atoms with Crippen molar-refractivity contribution >= 4 is 11.6 Å². The quantitative estimate of drug-likeness (QED) is 0.701. The number of ketones is 2. The molecule has 4 aliphatic rings. The summed E-state index contributed by atoms with van der Waals surface area (Å²) in [7, 11) is 0. The van der Waals surface area contributed by atoms with Gasteiger partial charge in [0, 0.05) is 12.3 Å². The monoisotopic (exact) mass is 314 g/mol. The fourth-order valence-corrected chi connectivity index (χ4v) is 7.23. The zero-order valence-corrected chi connectivity index (χ0v) is 14.9. The zero-order chi connectivity index (χ0) is 16.4. The summed E-state index contributed by atoms with van der Waals surface area (Å²) in [6, 6.07) is 0. The van der Waals surface area contributed by atoms with Gasteiger partial charge in [-0.05, 0) is 86.5 Å². The van der Waals surface area contributed by atoms with Crippen molar-refractivity contribution in [2.24, 2.45) is 34.5 Å². The van der Waals surface area contributed by atoms with E-state index in [0.717, 1.165) is 43.4 Å². The molecule has 4 rings (SSSR count). The molecule has 3 fully saturated rings. The van der Waals surface area contributed by atoms with Crippen molar-refractivity contribution < 1.29 is 9.59 Å². The van der Waals surface area contributed by atoms with Gasteiger partial charge >= 0.3 is 0 Å². The van der Waals surface area contributed by atoms with Crippen LogP contribution in [0.3, 0.4) is 0 Å². The molecule has 2 heteroatoms. The van der Waals surface area contributed by atoms with Gasteiger partial charge in [0.25, 0.3) is 0 Å². The van der Waals surface area contributed by atoms with Crippen LogP contribution in [0.4, 0.5) is 0 Å². The highest BCUT2D eigenvalue weighted by atomic mass is 16.1. The fourth-order valence-electron chi connectivity index (χ4n) is 7.23. The van der Waals surface area contributed by atoms with E-state index in [1.807, 2.05) is 6.08 Å². The van der Waals surface area contributed by atoms with Crippen LogP contribution in [0.5, 0.6) is 0 Å². The maximum atomic E-state index is 12.1. The van der Waals surface area contributed by atoms with Gasteiger partial charge in [-0.2, -0.15) is 0 Å². The Bertz CT molecular complexity index is 589. The lowest BCUT2D eigenvalue weighted by atomic mass is 9.47. The van der Waals surface area contributed by atoms with Gasteiger partial charge in [0.2, 0.25) is 0 Å². The molecular weight excluding hydrogens is 284 g/mol. The Morgan fingerprint density at radius 1 is 1.04 bits per heavy atom. The molecule has 0 unspecified atom stereocenters. The molecule has 126 valence electrons. The summed E-state index contributed by atoms with van der Waals surface area (Å²) in [5, 5.41) is 0. The largest absolute Gasteiger partial charge is 0.300 e. The van der Waals surface area contributed by atoms with Crippen LogP contribution in [-0.4, -0.2) is 11.6 Å². The molecule has 0 amide bonds. The molecule has 0 aromatic heterocycles. The van der Waals surface area contributed by atoms with Gasteiger partial charge in [-0.25, -0.2) is 0 Å². The molecule has 0 aromatic rings. The minimum Gasteiger partial charge on any atom is -0.300 e. The molecule has 0 N–H and O–H groups in total. The lowest BCUT2D eigenvalue weighted by molar-refractivity contribution is -0.128. The summed E-state index contributed by atoms with van der Waals surface area (Å²) < 4.78 is 0. The molecule has 2 nitrogen and oxygen atoms in total. The highest BCUT2D eigenvalue weighted by Gasteiger charge is 2.59. The second-order valence-corrected chi connectivity index (χ2v) is 9.25. The van der Waals surface area contributed by atoms with Gasteiger partial charge in [0.05, 0.1) is 0 Å². The second-order valence-electron chi connectivity index (χ2n) is 9.25. The van der Waals surface area contributed by atoms with E-state index in [1.54, 1.807) is 6.92 Å². The molecule has 0 radical (unpaired) electrons. The first-order valence-corrected chi connectivity index (χ1v) is 9.60. The Labute approximate surface area is 140 Å². The predicted molar refractivity (Wildman–Crippen MR) is 90.9 cm³/mol. The lowest BCUT2D eigenvalue weighted by Gasteiger charge is -2.58. The van der Waals surface area contributed by atoms with Crippen molar-refractivity contribution in [2.75, 3.05) is 0 Å². The third kappa shape index (κ3) is 2.06. The maximum Gasteiger partial charge on any atom is 0.155 e. The number of allylic oxidation sites excluding steroid dienone is 1. The third-order valence-electron chi connectivity index (χ3n) is 8.45. The normalized spacial score (nSPS) is 49.0. The van der Waals surface area contributed by atoms with Gasteiger partial charge in [-0.1, -0.05) is 19.4 Å².